The Bertz CT molecular complexity index is 511. The van der Waals surface area contributed by atoms with Gasteiger partial charge in [0.1, 0.15) is 0 Å². The summed E-state index contributed by atoms with van der Waals surface area (Å²) in [4.78, 5) is 9.15. The average Bonchev–Trinajstić information content (AvgIpc) is 2.89. The minimum absolute atomic E-state index is 0.408. The number of aryl methyl sites for hydroxylation is 2. The van der Waals surface area contributed by atoms with Crippen molar-refractivity contribution in [1.29, 1.82) is 0 Å². The number of likely N-dealkylation sites (N-methyl/N-ethyl adjacent to an activating group) is 1. The molecular weight excluding hydrogens is 238 g/mol. The summed E-state index contributed by atoms with van der Waals surface area (Å²) < 4.78 is 5.36. The second kappa shape index (κ2) is 5.97. The van der Waals surface area contributed by atoms with E-state index in [0.29, 0.717) is 11.7 Å². The number of nitrogens with one attached hydrogen (secondary N) is 1. The van der Waals surface area contributed by atoms with Crippen LogP contribution in [0.25, 0.3) is 11.6 Å². The van der Waals surface area contributed by atoms with E-state index in [1.165, 1.54) is 5.56 Å². The number of furan rings is 1. The fourth-order valence-electron chi connectivity index (χ4n) is 2.42. The molecule has 0 fully saturated rings. The van der Waals surface area contributed by atoms with Crippen LogP contribution in [0.3, 0.4) is 0 Å². The highest BCUT2D eigenvalue weighted by Crippen LogP contribution is 2.24. The third-order valence-corrected chi connectivity index (χ3v) is 3.26. The Kier molecular flexibility index (Phi) is 4.32. The summed E-state index contributed by atoms with van der Waals surface area (Å²) in [5.74, 6) is 1.79. The van der Waals surface area contributed by atoms with Crippen molar-refractivity contribution in [2.45, 2.75) is 33.6 Å². The maximum absolute atomic E-state index is 5.36. The Hall–Kier alpha value is -1.68. The van der Waals surface area contributed by atoms with Gasteiger partial charge in [-0.15, -0.1) is 0 Å². The smallest absolute Gasteiger partial charge is 0.196 e. The highest BCUT2D eigenvalue weighted by molar-refractivity contribution is 5.48. The van der Waals surface area contributed by atoms with Crippen LogP contribution in [0.15, 0.2) is 22.8 Å². The van der Waals surface area contributed by atoms with Gasteiger partial charge in [0.05, 0.1) is 6.26 Å². The first kappa shape index (κ1) is 13.7. The fourth-order valence-corrected chi connectivity index (χ4v) is 2.42. The molecule has 0 aliphatic rings. The Morgan fingerprint density at radius 3 is 2.47 bits per heavy atom. The lowest BCUT2D eigenvalue weighted by atomic mass is 9.98. The van der Waals surface area contributed by atoms with Crippen molar-refractivity contribution in [2.75, 3.05) is 13.1 Å². The van der Waals surface area contributed by atoms with Crippen molar-refractivity contribution in [3.05, 3.63) is 35.3 Å². The largest absolute Gasteiger partial charge is 0.461 e. The lowest BCUT2D eigenvalue weighted by Crippen LogP contribution is -2.21. The van der Waals surface area contributed by atoms with Gasteiger partial charge in [-0.05, 0) is 44.0 Å². The molecule has 0 bridgehead atoms. The molecule has 19 heavy (non-hydrogen) atoms. The molecule has 4 nitrogen and oxygen atoms in total. The topological polar surface area (TPSA) is 51.0 Å². The Balaban J connectivity index is 2.32. The minimum atomic E-state index is 0.408. The summed E-state index contributed by atoms with van der Waals surface area (Å²) >= 11 is 0. The standard InChI is InChI=1S/C15H21N3O/c1-5-16-9-10(2)14-11(3)17-15(18-12(14)4)13-7-6-8-19-13/h6-8,10,16H,5,9H2,1-4H3. The maximum Gasteiger partial charge on any atom is 0.196 e. The van der Waals surface area contributed by atoms with E-state index in [0.717, 1.165) is 30.2 Å². The van der Waals surface area contributed by atoms with Gasteiger partial charge in [0.15, 0.2) is 11.6 Å². The molecule has 0 aromatic carbocycles. The summed E-state index contributed by atoms with van der Waals surface area (Å²) in [6, 6.07) is 3.74. The summed E-state index contributed by atoms with van der Waals surface area (Å²) in [6.07, 6.45) is 1.64. The van der Waals surface area contributed by atoms with Crippen LogP contribution < -0.4 is 5.32 Å². The predicted octanol–water partition coefficient (Wildman–Crippen LogP) is 3.07. The van der Waals surface area contributed by atoms with Gasteiger partial charge >= 0.3 is 0 Å². The Labute approximate surface area is 114 Å². The quantitative estimate of drug-likeness (QED) is 0.896. The van der Waals surface area contributed by atoms with Crippen LogP contribution >= 0.6 is 0 Å². The average molecular weight is 259 g/mol. The van der Waals surface area contributed by atoms with Crippen LogP contribution in [-0.4, -0.2) is 23.1 Å². The summed E-state index contributed by atoms with van der Waals surface area (Å²) in [6.45, 7) is 10.3. The SMILES string of the molecule is CCNCC(C)c1c(C)nc(-c2ccco2)nc1C. The van der Waals surface area contributed by atoms with Crippen molar-refractivity contribution in [1.82, 2.24) is 15.3 Å². The van der Waals surface area contributed by atoms with Crippen molar-refractivity contribution >= 4 is 0 Å². The first-order valence-electron chi connectivity index (χ1n) is 6.73. The first-order chi connectivity index (χ1) is 9.13. The van der Waals surface area contributed by atoms with Crippen molar-refractivity contribution in [3.8, 4) is 11.6 Å². The van der Waals surface area contributed by atoms with E-state index in [-0.39, 0.29) is 0 Å². The summed E-state index contributed by atoms with van der Waals surface area (Å²) in [5.41, 5.74) is 3.30. The van der Waals surface area contributed by atoms with E-state index in [1.807, 2.05) is 26.0 Å². The lowest BCUT2D eigenvalue weighted by Gasteiger charge is -2.17. The molecule has 0 radical (unpaired) electrons. The van der Waals surface area contributed by atoms with Crippen LogP contribution in [-0.2, 0) is 0 Å². The molecule has 1 atom stereocenters. The van der Waals surface area contributed by atoms with Gasteiger partial charge in [0.2, 0.25) is 0 Å². The molecule has 2 rings (SSSR count). The van der Waals surface area contributed by atoms with E-state index < -0.39 is 0 Å². The summed E-state index contributed by atoms with van der Waals surface area (Å²) in [7, 11) is 0. The third kappa shape index (κ3) is 3.01. The zero-order valence-electron chi connectivity index (χ0n) is 12.0. The number of hydrogen-bond acceptors (Lipinski definition) is 4. The summed E-state index contributed by atoms with van der Waals surface area (Å²) in [5, 5.41) is 3.37. The molecule has 1 unspecified atom stereocenters. The number of rotatable bonds is 5. The predicted molar refractivity (Wildman–Crippen MR) is 76.2 cm³/mol. The molecule has 0 saturated heterocycles. The van der Waals surface area contributed by atoms with Crippen LogP contribution in [0.5, 0.6) is 0 Å². The highest BCUT2D eigenvalue weighted by atomic mass is 16.3. The molecular formula is C15H21N3O. The van der Waals surface area contributed by atoms with Gasteiger partial charge in [-0.25, -0.2) is 9.97 Å². The van der Waals surface area contributed by atoms with Gasteiger partial charge < -0.3 is 9.73 Å². The molecule has 4 heteroatoms. The fraction of sp³-hybridized carbons (Fsp3) is 0.467. The highest BCUT2D eigenvalue weighted by Gasteiger charge is 2.16. The maximum atomic E-state index is 5.36. The van der Waals surface area contributed by atoms with Crippen molar-refractivity contribution < 1.29 is 4.42 Å². The number of aromatic nitrogens is 2. The zero-order valence-corrected chi connectivity index (χ0v) is 12.0. The monoisotopic (exact) mass is 259 g/mol. The molecule has 102 valence electrons. The van der Waals surface area contributed by atoms with E-state index in [2.05, 4.69) is 29.1 Å². The van der Waals surface area contributed by atoms with Crippen LogP contribution in [0.4, 0.5) is 0 Å². The van der Waals surface area contributed by atoms with Crippen LogP contribution in [0.1, 0.15) is 36.7 Å². The van der Waals surface area contributed by atoms with Crippen LogP contribution in [0, 0.1) is 13.8 Å². The Morgan fingerprint density at radius 2 is 1.95 bits per heavy atom. The molecule has 0 spiro atoms. The van der Waals surface area contributed by atoms with Crippen molar-refractivity contribution in [2.24, 2.45) is 0 Å². The normalized spacial score (nSPS) is 12.6. The molecule has 1 N–H and O–H groups in total. The van der Waals surface area contributed by atoms with Gasteiger partial charge in [-0.2, -0.15) is 0 Å². The zero-order chi connectivity index (χ0) is 13.8. The van der Waals surface area contributed by atoms with Gasteiger partial charge in [-0.1, -0.05) is 13.8 Å². The Morgan fingerprint density at radius 1 is 1.26 bits per heavy atom. The molecule has 2 aromatic heterocycles. The molecule has 2 heterocycles. The van der Waals surface area contributed by atoms with Gasteiger partial charge in [0.25, 0.3) is 0 Å². The molecule has 0 amide bonds. The van der Waals surface area contributed by atoms with E-state index in [4.69, 9.17) is 4.42 Å². The van der Waals surface area contributed by atoms with E-state index >= 15 is 0 Å². The van der Waals surface area contributed by atoms with Gasteiger partial charge in [0, 0.05) is 17.9 Å². The van der Waals surface area contributed by atoms with E-state index in [1.54, 1.807) is 6.26 Å². The second-order valence-corrected chi connectivity index (χ2v) is 4.82. The lowest BCUT2D eigenvalue weighted by molar-refractivity contribution is 0.575. The number of hydrogen-bond donors (Lipinski definition) is 1. The van der Waals surface area contributed by atoms with E-state index in [9.17, 15) is 0 Å². The van der Waals surface area contributed by atoms with Gasteiger partial charge in [-0.3, -0.25) is 0 Å². The van der Waals surface area contributed by atoms with Crippen molar-refractivity contribution in [3.63, 3.8) is 0 Å². The first-order valence-corrected chi connectivity index (χ1v) is 6.73. The van der Waals surface area contributed by atoms with Crippen LogP contribution in [0.2, 0.25) is 0 Å². The second-order valence-electron chi connectivity index (χ2n) is 4.82. The number of nitrogens with zero attached hydrogens (tertiary/aromatic N) is 2. The minimum Gasteiger partial charge on any atom is -0.461 e. The molecule has 0 saturated carbocycles. The molecule has 0 aliphatic carbocycles. The molecule has 2 aromatic rings. The third-order valence-electron chi connectivity index (χ3n) is 3.26. The molecule has 0 aliphatic heterocycles.